The van der Waals surface area contributed by atoms with Crippen LogP contribution in [-0.2, 0) is 23.7 Å². The van der Waals surface area contributed by atoms with Gasteiger partial charge < -0.3 is 14.7 Å². The van der Waals surface area contributed by atoms with Crippen LogP contribution in [0.3, 0.4) is 0 Å². The van der Waals surface area contributed by atoms with Gasteiger partial charge in [0.2, 0.25) is 5.91 Å². The van der Waals surface area contributed by atoms with E-state index in [2.05, 4.69) is 4.98 Å². The number of rotatable bonds is 4. The highest BCUT2D eigenvalue weighted by Crippen LogP contribution is 2.43. The molecule has 0 bridgehead atoms. The van der Waals surface area contributed by atoms with E-state index in [1.54, 1.807) is 47.6 Å². The average Bonchev–Trinajstić information content (AvgIpc) is 3.18. The number of alkyl halides is 6. The minimum Gasteiger partial charge on any atom is -0.338 e. The van der Waals surface area contributed by atoms with E-state index < -0.39 is 40.5 Å². The van der Waals surface area contributed by atoms with Crippen molar-refractivity contribution < 1.29 is 35.9 Å². The molecule has 1 aromatic heterocycles. The molecule has 41 heavy (non-hydrogen) atoms. The van der Waals surface area contributed by atoms with Crippen molar-refractivity contribution in [2.24, 2.45) is 0 Å². The Morgan fingerprint density at radius 3 is 2.12 bits per heavy atom. The van der Waals surface area contributed by atoms with Gasteiger partial charge in [-0.15, -0.1) is 0 Å². The van der Waals surface area contributed by atoms with E-state index in [0.717, 1.165) is 5.56 Å². The summed E-state index contributed by atoms with van der Waals surface area (Å²) in [4.78, 5) is 35.9. The van der Waals surface area contributed by atoms with Gasteiger partial charge in [-0.25, -0.2) is 0 Å². The quantitative estimate of drug-likeness (QED) is 0.334. The third-order valence-corrected chi connectivity index (χ3v) is 7.79. The molecule has 2 aliphatic rings. The fraction of sp³-hybridized carbons (Fsp3) is 0.321. The van der Waals surface area contributed by atoms with Crippen LogP contribution in [0.4, 0.5) is 32.0 Å². The highest BCUT2D eigenvalue weighted by molar-refractivity contribution is 6.33. The molecular formula is C28H23ClF6N4O2. The maximum atomic E-state index is 13.9. The summed E-state index contributed by atoms with van der Waals surface area (Å²) in [7, 11) is 0. The number of likely N-dealkylation sites (tertiary alicyclic amines) is 1. The van der Waals surface area contributed by atoms with Gasteiger partial charge >= 0.3 is 12.4 Å². The van der Waals surface area contributed by atoms with E-state index in [4.69, 9.17) is 11.6 Å². The molecule has 216 valence electrons. The maximum Gasteiger partial charge on any atom is 0.416 e. The van der Waals surface area contributed by atoms with Gasteiger partial charge in [0.05, 0.1) is 28.5 Å². The molecule has 2 saturated heterocycles. The zero-order valence-electron chi connectivity index (χ0n) is 21.3. The minimum atomic E-state index is -5.08. The fourth-order valence-corrected chi connectivity index (χ4v) is 5.65. The number of benzene rings is 2. The fourth-order valence-electron chi connectivity index (χ4n) is 5.42. The van der Waals surface area contributed by atoms with Crippen LogP contribution in [0.1, 0.15) is 39.9 Å². The summed E-state index contributed by atoms with van der Waals surface area (Å²) in [5.74, 6) is -1.19. The van der Waals surface area contributed by atoms with Gasteiger partial charge in [0, 0.05) is 37.6 Å². The number of anilines is 1. The Kier molecular flexibility index (Phi) is 7.39. The SMILES string of the molecule is O=C(c1cc(C(F)(F)F)cc(C(F)(F)F)c1)N1CCC2(CC1)C(=O)N(Cc1cccnc1)CN2c1ccccc1Cl. The smallest absolute Gasteiger partial charge is 0.338 e. The Balaban J connectivity index is 1.43. The first-order valence-electron chi connectivity index (χ1n) is 12.6. The number of hydrogen-bond donors (Lipinski definition) is 0. The standard InChI is InChI=1S/C28H23ClF6N4O2/c29-22-5-1-2-6-23(22)39-17-38(16-18-4-3-9-36-15-18)25(41)26(39)7-10-37(11-8-26)24(40)19-12-20(27(30,31)32)14-21(13-19)28(33,34)35/h1-6,9,12-15H,7-8,10-11,16-17H2. The molecule has 6 nitrogen and oxygen atoms in total. The summed E-state index contributed by atoms with van der Waals surface area (Å²) in [6.45, 7) is 0.324. The van der Waals surface area contributed by atoms with Gasteiger partial charge in [0.15, 0.2) is 0 Å². The average molecular weight is 597 g/mol. The highest BCUT2D eigenvalue weighted by Gasteiger charge is 2.54. The number of pyridine rings is 1. The number of aromatic nitrogens is 1. The van der Waals surface area contributed by atoms with Gasteiger partial charge in [-0.3, -0.25) is 14.6 Å². The van der Waals surface area contributed by atoms with Gasteiger partial charge in [0.25, 0.3) is 5.91 Å². The van der Waals surface area contributed by atoms with Crippen LogP contribution in [0.15, 0.2) is 67.0 Å². The van der Waals surface area contributed by atoms with Gasteiger partial charge in [-0.05, 0) is 54.8 Å². The van der Waals surface area contributed by atoms with E-state index in [0.29, 0.717) is 22.8 Å². The summed E-state index contributed by atoms with van der Waals surface area (Å²) >= 11 is 6.49. The Morgan fingerprint density at radius 2 is 1.56 bits per heavy atom. The summed E-state index contributed by atoms with van der Waals surface area (Å²) in [6.07, 6.45) is -6.71. The minimum absolute atomic E-state index is 0.0164. The van der Waals surface area contributed by atoms with Crippen molar-refractivity contribution >= 4 is 29.1 Å². The second kappa shape index (κ2) is 10.6. The predicted molar refractivity (Wildman–Crippen MR) is 138 cm³/mol. The summed E-state index contributed by atoms with van der Waals surface area (Å²) in [6, 6.07) is 11.4. The van der Waals surface area contributed by atoms with Crippen molar-refractivity contribution in [3.63, 3.8) is 0 Å². The number of halogens is 7. The van der Waals surface area contributed by atoms with Crippen molar-refractivity contribution in [2.75, 3.05) is 24.7 Å². The number of piperidine rings is 1. The van der Waals surface area contributed by atoms with Crippen molar-refractivity contribution in [1.82, 2.24) is 14.8 Å². The van der Waals surface area contributed by atoms with E-state index >= 15 is 0 Å². The molecule has 2 aromatic carbocycles. The third-order valence-electron chi connectivity index (χ3n) is 7.47. The predicted octanol–water partition coefficient (Wildman–Crippen LogP) is 6.25. The lowest BCUT2D eigenvalue weighted by Crippen LogP contribution is -2.57. The molecule has 2 amide bonds. The topological polar surface area (TPSA) is 56.8 Å². The maximum absolute atomic E-state index is 13.9. The van der Waals surface area contributed by atoms with Crippen molar-refractivity contribution in [1.29, 1.82) is 0 Å². The molecule has 0 saturated carbocycles. The van der Waals surface area contributed by atoms with Gasteiger partial charge in [0.1, 0.15) is 5.54 Å². The van der Waals surface area contributed by atoms with Crippen molar-refractivity contribution in [3.8, 4) is 0 Å². The van der Waals surface area contributed by atoms with Crippen molar-refractivity contribution in [2.45, 2.75) is 37.3 Å². The zero-order chi connectivity index (χ0) is 29.6. The molecule has 5 rings (SSSR count). The lowest BCUT2D eigenvalue weighted by molar-refractivity contribution is -0.143. The van der Waals surface area contributed by atoms with Crippen LogP contribution in [-0.4, -0.2) is 51.9 Å². The molecule has 3 heterocycles. The first-order chi connectivity index (χ1) is 19.3. The first kappa shape index (κ1) is 28.7. The monoisotopic (exact) mass is 596 g/mol. The second-order valence-corrected chi connectivity index (χ2v) is 10.4. The number of carbonyl (C=O) groups is 2. The molecule has 3 aromatic rings. The zero-order valence-corrected chi connectivity index (χ0v) is 22.1. The first-order valence-corrected chi connectivity index (χ1v) is 13.0. The third kappa shape index (κ3) is 5.57. The Morgan fingerprint density at radius 1 is 0.927 bits per heavy atom. The van der Waals surface area contributed by atoms with Crippen molar-refractivity contribution in [3.05, 3.63) is 94.3 Å². The Bertz CT molecular complexity index is 1420. The van der Waals surface area contributed by atoms with E-state index in [1.165, 1.54) is 4.90 Å². The molecule has 13 heteroatoms. The molecule has 0 atom stereocenters. The lowest BCUT2D eigenvalue weighted by Gasteiger charge is -2.43. The number of para-hydroxylation sites is 1. The van der Waals surface area contributed by atoms with E-state index in [1.807, 2.05) is 11.0 Å². The molecule has 0 aliphatic carbocycles. The van der Waals surface area contributed by atoms with Crippen LogP contribution in [0.5, 0.6) is 0 Å². The normalized spacial score (nSPS) is 17.4. The summed E-state index contributed by atoms with van der Waals surface area (Å²) in [5.41, 5.74) is -3.56. The van der Waals surface area contributed by atoms with E-state index in [9.17, 15) is 35.9 Å². The van der Waals surface area contributed by atoms with Crippen LogP contribution in [0.2, 0.25) is 5.02 Å². The number of amides is 2. The van der Waals surface area contributed by atoms with Crippen LogP contribution in [0, 0.1) is 0 Å². The molecule has 2 fully saturated rings. The highest BCUT2D eigenvalue weighted by atomic mass is 35.5. The summed E-state index contributed by atoms with van der Waals surface area (Å²) in [5, 5.41) is 0.407. The summed E-state index contributed by atoms with van der Waals surface area (Å²) < 4.78 is 80.2. The number of hydrogen-bond acceptors (Lipinski definition) is 4. The van der Waals surface area contributed by atoms with Gasteiger partial charge in [-0.1, -0.05) is 29.8 Å². The molecule has 0 N–H and O–H groups in total. The largest absolute Gasteiger partial charge is 0.416 e. The molecule has 0 unspecified atom stereocenters. The molecule has 2 aliphatic heterocycles. The Hall–Kier alpha value is -3.80. The van der Waals surface area contributed by atoms with E-state index in [-0.39, 0.29) is 51.1 Å². The number of carbonyl (C=O) groups excluding carboxylic acids is 2. The number of nitrogens with zero attached hydrogens (tertiary/aromatic N) is 4. The van der Waals surface area contributed by atoms with Gasteiger partial charge in [-0.2, -0.15) is 26.3 Å². The van der Waals surface area contributed by atoms with Crippen LogP contribution in [0.25, 0.3) is 0 Å². The van der Waals surface area contributed by atoms with Crippen LogP contribution >= 0.6 is 11.6 Å². The Labute approximate surface area is 236 Å². The molecular weight excluding hydrogens is 574 g/mol. The second-order valence-electron chi connectivity index (χ2n) is 10.0. The lowest BCUT2D eigenvalue weighted by atomic mass is 9.85. The molecule has 0 radical (unpaired) electrons. The van der Waals surface area contributed by atoms with Crippen LogP contribution < -0.4 is 4.90 Å². The molecule has 1 spiro atoms.